The molecule has 0 aliphatic heterocycles. The van der Waals surface area contributed by atoms with Gasteiger partial charge in [0.1, 0.15) is 0 Å². The van der Waals surface area contributed by atoms with Crippen LogP contribution in [-0.2, 0) is 4.74 Å². The van der Waals surface area contributed by atoms with Crippen molar-refractivity contribution in [1.29, 1.82) is 0 Å². The molecular formula is C7H11NO. The first-order valence-electron chi connectivity index (χ1n) is 2.70. The highest BCUT2D eigenvalue weighted by Crippen LogP contribution is 1.82. The van der Waals surface area contributed by atoms with Crippen LogP contribution >= 0.6 is 0 Å². The van der Waals surface area contributed by atoms with Gasteiger partial charge in [-0.25, -0.2) is 4.99 Å². The van der Waals surface area contributed by atoms with Gasteiger partial charge in [0.2, 0.25) is 5.90 Å². The van der Waals surface area contributed by atoms with E-state index in [1.165, 1.54) is 0 Å². The molecule has 2 heteroatoms. The molecule has 0 atom stereocenters. The lowest BCUT2D eigenvalue weighted by atomic mass is 10.6. The molecule has 0 saturated carbocycles. The van der Waals surface area contributed by atoms with Crippen LogP contribution in [-0.4, -0.2) is 13.0 Å². The molecule has 0 N–H and O–H groups in total. The van der Waals surface area contributed by atoms with Crippen LogP contribution in [0.3, 0.4) is 0 Å². The molecule has 0 bridgehead atoms. The van der Waals surface area contributed by atoms with Gasteiger partial charge in [-0.05, 0) is 13.0 Å². The Hall–Kier alpha value is -1.05. The van der Waals surface area contributed by atoms with Crippen molar-refractivity contribution >= 4 is 5.90 Å². The molecule has 0 aromatic carbocycles. The van der Waals surface area contributed by atoms with Crippen molar-refractivity contribution in [1.82, 2.24) is 0 Å². The highest BCUT2D eigenvalue weighted by molar-refractivity contribution is 5.87. The zero-order valence-corrected chi connectivity index (χ0v) is 5.79. The lowest BCUT2D eigenvalue weighted by molar-refractivity contribution is 0.407. The smallest absolute Gasteiger partial charge is 0.212 e. The number of methoxy groups -OCH3 is 1. The number of hydrogen-bond donors (Lipinski definition) is 0. The second-order valence-electron chi connectivity index (χ2n) is 1.36. The fourth-order valence-corrected chi connectivity index (χ4v) is 0.337. The molecular weight excluding hydrogens is 114 g/mol. The van der Waals surface area contributed by atoms with E-state index < -0.39 is 0 Å². The summed E-state index contributed by atoms with van der Waals surface area (Å²) < 4.78 is 4.78. The molecule has 0 unspecified atom stereocenters. The predicted octanol–water partition coefficient (Wildman–Crippen LogP) is 1.75. The normalized spacial score (nSPS) is 12.0. The number of ether oxygens (including phenoxy) is 1. The molecule has 0 amide bonds. The van der Waals surface area contributed by atoms with Crippen molar-refractivity contribution in [2.24, 2.45) is 4.99 Å². The Bertz CT molecular complexity index is 136. The van der Waals surface area contributed by atoms with Gasteiger partial charge in [0.15, 0.2) is 0 Å². The van der Waals surface area contributed by atoms with E-state index in [1.54, 1.807) is 19.4 Å². The second-order valence-corrected chi connectivity index (χ2v) is 1.36. The Morgan fingerprint density at radius 3 is 2.67 bits per heavy atom. The summed E-state index contributed by atoms with van der Waals surface area (Å²) in [6.07, 6.45) is 5.03. The molecule has 0 aromatic heterocycles. The molecule has 0 aromatic rings. The molecule has 0 heterocycles. The maximum atomic E-state index is 4.78. The third-order valence-electron chi connectivity index (χ3n) is 0.735. The Labute approximate surface area is 55.6 Å². The lowest BCUT2D eigenvalue weighted by Crippen LogP contribution is -1.93. The minimum absolute atomic E-state index is 0.535. The summed E-state index contributed by atoms with van der Waals surface area (Å²) in [7, 11) is 1.56. The Morgan fingerprint density at radius 1 is 1.67 bits per heavy atom. The van der Waals surface area contributed by atoms with E-state index in [1.807, 2.05) is 13.0 Å². The van der Waals surface area contributed by atoms with Crippen LogP contribution in [0.15, 0.2) is 29.9 Å². The molecule has 0 spiro atoms. The van der Waals surface area contributed by atoms with Crippen molar-refractivity contribution < 1.29 is 4.74 Å². The first-order valence-corrected chi connectivity index (χ1v) is 2.70. The van der Waals surface area contributed by atoms with Crippen molar-refractivity contribution in [2.45, 2.75) is 6.92 Å². The standard InChI is InChI=1S/C7H11NO/c1-4-6-8-7(5-2)9-3/h4-6H,2H2,1,3H3/b6-4+,8-7?. The first-order chi connectivity index (χ1) is 4.35. The summed E-state index contributed by atoms with van der Waals surface area (Å²) in [5, 5.41) is 0. The van der Waals surface area contributed by atoms with Crippen molar-refractivity contribution in [3.8, 4) is 0 Å². The second kappa shape index (κ2) is 5.09. The summed E-state index contributed by atoms with van der Waals surface area (Å²) in [6.45, 7) is 5.38. The Morgan fingerprint density at radius 2 is 2.33 bits per heavy atom. The highest BCUT2D eigenvalue weighted by Gasteiger charge is 1.82. The van der Waals surface area contributed by atoms with E-state index in [0.29, 0.717) is 5.90 Å². The molecule has 2 nitrogen and oxygen atoms in total. The van der Waals surface area contributed by atoms with Gasteiger partial charge in [-0.15, -0.1) is 0 Å². The summed E-state index contributed by atoms with van der Waals surface area (Å²) in [5.74, 6) is 0.535. The van der Waals surface area contributed by atoms with Crippen LogP contribution in [0.4, 0.5) is 0 Å². The van der Waals surface area contributed by atoms with Crippen molar-refractivity contribution in [2.75, 3.05) is 7.11 Å². The maximum absolute atomic E-state index is 4.78. The van der Waals surface area contributed by atoms with E-state index in [0.717, 1.165) is 0 Å². The molecule has 0 saturated heterocycles. The molecule has 0 fully saturated rings. The van der Waals surface area contributed by atoms with Crippen LogP contribution in [0.1, 0.15) is 6.92 Å². The van der Waals surface area contributed by atoms with Crippen LogP contribution in [0.5, 0.6) is 0 Å². The predicted molar refractivity (Wildman–Crippen MR) is 39.5 cm³/mol. The monoisotopic (exact) mass is 125 g/mol. The molecule has 0 aliphatic carbocycles. The first kappa shape index (κ1) is 7.95. The third kappa shape index (κ3) is 3.53. The highest BCUT2D eigenvalue weighted by atomic mass is 16.5. The van der Waals surface area contributed by atoms with Gasteiger partial charge >= 0.3 is 0 Å². The minimum atomic E-state index is 0.535. The van der Waals surface area contributed by atoms with Crippen LogP contribution in [0, 0.1) is 0 Å². The number of hydrogen-bond acceptors (Lipinski definition) is 2. The van der Waals surface area contributed by atoms with E-state index in [9.17, 15) is 0 Å². The van der Waals surface area contributed by atoms with Crippen LogP contribution in [0.25, 0.3) is 0 Å². The lowest BCUT2D eigenvalue weighted by Gasteiger charge is -1.92. The van der Waals surface area contributed by atoms with Crippen LogP contribution < -0.4 is 0 Å². The Balaban J connectivity index is 3.90. The van der Waals surface area contributed by atoms with Gasteiger partial charge in [-0.1, -0.05) is 12.7 Å². The number of allylic oxidation sites excluding steroid dienone is 1. The van der Waals surface area contributed by atoms with E-state index in [4.69, 9.17) is 4.74 Å². The number of rotatable bonds is 2. The van der Waals surface area contributed by atoms with E-state index in [2.05, 4.69) is 11.6 Å². The van der Waals surface area contributed by atoms with Gasteiger partial charge in [0, 0.05) is 6.20 Å². The van der Waals surface area contributed by atoms with Gasteiger partial charge in [-0.2, -0.15) is 0 Å². The van der Waals surface area contributed by atoms with E-state index >= 15 is 0 Å². The quantitative estimate of drug-likeness (QED) is 0.407. The summed E-state index contributed by atoms with van der Waals surface area (Å²) in [5.41, 5.74) is 0. The van der Waals surface area contributed by atoms with Gasteiger partial charge in [0.05, 0.1) is 7.11 Å². The minimum Gasteiger partial charge on any atom is -0.481 e. The zero-order chi connectivity index (χ0) is 7.11. The van der Waals surface area contributed by atoms with Crippen molar-refractivity contribution in [3.63, 3.8) is 0 Å². The largest absolute Gasteiger partial charge is 0.481 e. The molecule has 0 rings (SSSR count). The molecule has 9 heavy (non-hydrogen) atoms. The number of aliphatic imine (C=N–C) groups is 1. The van der Waals surface area contributed by atoms with Gasteiger partial charge in [0.25, 0.3) is 0 Å². The molecule has 50 valence electrons. The third-order valence-corrected chi connectivity index (χ3v) is 0.735. The summed E-state index contributed by atoms with van der Waals surface area (Å²) in [4.78, 5) is 3.88. The maximum Gasteiger partial charge on any atom is 0.212 e. The van der Waals surface area contributed by atoms with Gasteiger partial charge in [-0.3, -0.25) is 0 Å². The average Bonchev–Trinajstić information content (AvgIpc) is 1.91. The van der Waals surface area contributed by atoms with Crippen LogP contribution in [0.2, 0.25) is 0 Å². The zero-order valence-electron chi connectivity index (χ0n) is 5.79. The Kier molecular flexibility index (Phi) is 4.50. The van der Waals surface area contributed by atoms with E-state index in [-0.39, 0.29) is 0 Å². The number of nitrogens with zero attached hydrogens (tertiary/aromatic N) is 1. The summed E-state index contributed by atoms with van der Waals surface area (Å²) >= 11 is 0. The topological polar surface area (TPSA) is 21.6 Å². The fraction of sp³-hybridized carbons (Fsp3) is 0.286. The SMILES string of the molecule is C=CC(=N/C=C/C)OC. The fourth-order valence-electron chi connectivity index (χ4n) is 0.337. The molecule has 0 radical (unpaired) electrons. The van der Waals surface area contributed by atoms with Gasteiger partial charge < -0.3 is 4.74 Å². The summed E-state index contributed by atoms with van der Waals surface area (Å²) in [6, 6.07) is 0. The molecule has 0 aliphatic rings. The van der Waals surface area contributed by atoms with Crippen molar-refractivity contribution in [3.05, 3.63) is 24.9 Å². The average molecular weight is 125 g/mol.